The van der Waals surface area contributed by atoms with Gasteiger partial charge in [0.25, 0.3) is 5.56 Å². The van der Waals surface area contributed by atoms with E-state index in [1.807, 2.05) is 13.0 Å². The highest BCUT2D eigenvalue weighted by Gasteiger charge is 2.11. The first kappa shape index (κ1) is 12.4. The fourth-order valence-corrected chi connectivity index (χ4v) is 1.85. The molecule has 2 N–H and O–H groups in total. The number of nitrogens with zero attached hydrogens (tertiary/aromatic N) is 2. The minimum absolute atomic E-state index is 0.287. The predicted octanol–water partition coefficient (Wildman–Crippen LogP) is 2.24. The lowest BCUT2D eigenvalue weighted by molar-refractivity contribution is 0.322. The summed E-state index contributed by atoms with van der Waals surface area (Å²) >= 11 is 6.03. The summed E-state index contributed by atoms with van der Waals surface area (Å²) in [6.07, 6.45) is 1.11. The number of H-pyrrole nitrogens is 1. The number of hydrogen-bond acceptors (Lipinski definition) is 3. The lowest BCUT2D eigenvalue weighted by Crippen LogP contribution is -2.17. The van der Waals surface area contributed by atoms with E-state index >= 15 is 0 Å². The van der Waals surface area contributed by atoms with E-state index in [0.717, 1.165) is 11.8 Å². The molecule has 0 spiro atoms. The summed E-state index contributed by atoms with van der Waals surface area (Å²) in [5, 5.41) is 14.9. The van der Waals surface area contributed by atoms with Crippen molar-refractivity contribution >= 4 is 17.8 Å². The largest absolute Gasteiger partial charge is 0.411 e. The topological polar surface area (TPSA) is 70.4 Å². The van der Waals surface area contributed by atoms with Gasteiger partial charge in [-0.25, -0.2) is 4.68 Å². The Morgan fingerprint density at radius 1 is 1.44 bits per heavy atom. The van der Waals surface area contributed by atoms with Gasteiger partial charge in [0.15, 0.2) is 0 Å². The third-order valence-electron chi connectivity index (χ3n) is 2.72. The van der Waals surface area contributed by atoms with Gasteiger partial charge >= 0.3 is 0 Å². The van der Waals surface area contributed by atoms with Crippen molar-refractivity contribution in [3.05, 3.63) is 50.4 Å². The number of oxime groups is 1. The Hall–Kier alpha value is -2.01. The van der Waals surface area contributed by atoms with Crippen LogP contribution in [0.5, 0.6) is 0 Å². The second-order valence-electron chi connectivity index (χ2n) is 3.97. The van der Waals surface area contributed by atoms with E-state index in [1.165, 1.54) is 4.68 Å². The van der Waals surface area contributed by atoms with Crippen molar-refractivity contribution in [1.82, 2.24) is 9.78 Å². The molecule has 1 heterocycles. The highest BCUT2D eigenvalue weighted by Crippen LogP contribution is 2.18. The van der Waals surface area contributed by atoms with Crippen LogP contribution in [0.1, 0.15) is 16.8 Å². The molecule has 94 valence electrons. The molecule has 0 aliphatic heterocycles. The smallest absolute Gasteiger partial charge is 0.280 e. The van der Waals surface area contributed by atoms with Crippen molar-refractivity contribution in [2.75, 3.05) is 0 Å². The predicted molar refractivity (Wildman–Crippen MR) is 70.3 cm³/mol. The van der Waals surface area contributed by atoms with Gasteiger partial charge in [-0.05, 0) is 31.5 Å². The Kier molecular flexibility index (Phi) is 3.25. The van der Waals surface area contributed by atoms with Gasteiger partial charge in [0.05, 0.1) is 17.5 Å². The first-order chi connectivity index (χ1) is 8.54. The minimum atomic E-state index is -0.287. The number of aryl methyl sites for hydroxylation is 2. The number of hydrogen-bond donors (Lipinski definition) is 2. The van der Waals surface area contributed by atoms with Crippen LogP contribution in [0, 0.1) is 13.8 Å². The molecule has 2 aromatic rings. The maximum absolute atomic E-state index is 12.1. The minimum Gasteiger partial charge on any atom is -0.411 e. The zero-order valence-electron chi connectivity index (χ0n) is 9.94. The molecule has 0 aliphatic rings. The van der Waals surface area contributed by atoms with Crippen molar-refractivity contribution in [3.8, 4) is 5.69 Å². The van der Waals surface area contributed by atoms with Crippen LogP contribution in [0.3, 0.4) is 0 Å². The third kappa shape index (κ3) is 2.04. The highest BCUT2D eigenvalue weighted by atomic mass is 35.5. The monoisotopic (exact) mass is 265 g/mol. The summed E-state index contributed by atoms with van der Waals surface area (Å²) in [5.74, 6) is 0. The standard InChI is InChI=1S/C12H12ClN3O2/c1-7-3-4-9(5-11(7)13)16-12(17)10(6-14-18)8(2)15-16/h3-6,15,18H,1-2H3. The van der Waals surface area contributed by atoms with Gasteiger partial charge in [0, 0.05) is 10.7 Å². The number of rotatable bonds is 2. The molecule has 0 amide bonds. The summed E-state index contributed by atoms with van der Waals surface area (Å²) in [6, 6.07) is 5.33. The molecule has 0 unspecified atom stereocenters. The van der Waals surface area contributed by atoms with Crippen LogP contribution in [0.2, 0.25) is 5.02 Å². The van der Waals surface area contributed by atoms with Crippen LogP contribution in [0.25, 0.3) is 5.69 Å². The fraction of sp³-hybridized carbons (Fsp3) is 0.167. The molecule has 1 aromatic heterocycles. The third-order valence-corrected chi connectivity index (χ3v) is 3.12. The molecule has 18 heavy (non-hydrogen) atoms. The molecule has 0 radical (unpaired) electrons. The molecular formula is C12H12ClN3O2. The van der Waals surface area contributed by atoms with Crippen LogP contribution in [-0.4, -0.2) is 21.2 Å². The summed E-state index contributed by atoms with van der Waals surface area (Å²) < 4.78 is 1.36. The Balaban J connectivity index is 2.61. The second kappa shape index (κ2) is 4.70. The van der Waals surface area contributed by atoms with Crippen LogP contribution in [-0.2, 0) is 0 Å². The van der Waals surface area contributed by atoms with E-state index in [9.17, 15) is 4.79 Å². The van der Waals surface area contributed by atoms with Gasteiger partial charge in [-0.2, -0.15) is 0 Å². The van der Waals surface area contributed by atoms with Crippen LogP contribution in [0.4, 0.5) is 0 Å². The Labute approximate surface area is 108 Å². The Morgan fingerprint density at radius 2 is 2.17 bits per heavy atom. The number of halogens is 1. The summed E-state index contributed by atoms with van der Waals surface area (Å²) in [4.78, 5) is 12.1. The molecule has 5 nitrogen and oxygen atoms in total. The van der Waals surface area contributed by atoms with Gasteiger partial charge < -0.3 is 5.21 Å². The van der Waals surface area contributed by atoms with Crippen LogP contribution >= 0.6 is 11.6 Å². The molecule has 0 saturated heterocycles. The van der Waals surface area contributed by atoms with Gasteiger partial charge in [-0.1, -0.05) is 22.8 Å². The molecule has 2 rings (SSSR count). The summed E-state index contributed by atoms with van der Waals surface area (Å²) in [5.41, 5.74) is 2.22. The van der Waals surface area contributed by atoms with Crippen molar-refractivity contribution in [2.45, 2.75) is 13.8 Å². The van der Waals surface area contributed by atoms with E-state index in [1.54, 1.807) is 19.1 Å². The maximum atomic E-state index is 12.1. The molecule has 0 saturated carbocycles. The van der Waals surface area contributed by atoms with Gasteiger partial charge in [0.2, 0.25) is 0 Å². The molecule has 0 atom stereocenters. The molecular weight excluding hydrogens is 254 g/mol. The van der Waals surface area contributed by atoms with Crippen molar-refractivity contribution < 1.29 is 5.21 Å². The zero-order valence-corrected chi connectivity index (χ0v) is 10.7. The SMILES string of the molecule is Cc1ccc(-n2[nH]c(C)c(C=NO)c2=O)cc1Cl. The van der Waals surface area contributed by atoms with E-state index in [2.05, 4.69) is 10.3 Å². The fourth-order valence-electron chi connectivity index (χ4n) is 1.67. The maximum Gasteiger partial charge on any atom is 0.280 e. The molecule has 0 aliphatic carbocycles. The van der Waals surface area contributed by atoms with Gasteiger partial charge in [0.1, 0.15) is 0 Å². The lowest BCUT2D eigenvalue weighted by Gasteiger charge is -2.03. The highest BCUT2D eigenvalue weighted by molar-refractivity contribution is 6.31. The quantitative estimate of drug-likeness (QED) is 0.497. The van der Waals surface area contributed by atoms with Crippen molar-refractivity contribution in [2.24, 2.45) is 5.16 Å². The normalized spacial score (nSPS) is 11.3. The average molecular weight is 266 g/mol. The Morgan fingerprint density at radius 3 is 2.78 bits per heavy atom. The zero-order chi connectivity index (χ0) is 13.3. The van der Waals surface area contributed by atoms with Crippen molar-refractivity contribution in [1.29, 1.82) is 0 Å². The van der Waals surface area contributed by atoms with E-state index in [0.29, 0.717) is 22.0 Å². The summed E-state index contributed by atoms with van der Waals surface area (Å²) in [7, 11) is 0. The van der Waals surface area contributed by atoms with Crippen LogP contribution in [0.15, 0.2) is 28.1 Å². The van der Waals surface area contributed by atoms with E-state index < -0.39 is 0 Å². The lowest BCUT2D eigenvalue weighted by atomic mass is 10.2. The number of nitrogens with one attached hydrogen (secondary N) is 1. The van der Waals surface area contributed by atoms with Crippen LogP contribution < -0.4 is 5.56 Å². The Bertz CT molecular complexity index is 670. The van der Waals surface area contributed by atoms with Gasteiger partial charge in [-0.15, -0.1) is 0 Å². The molecule has 0 bridgehead atoms. The number of aromatic amines is 1. The number of benzene rings is 1. The molecule has 1 aromatic carbocycles. The summed E-state index contributed by atoms with van der Waals surface area (Å²) in [6.45, 7) is 3.61. The first-order valence-electron chi connectivity index (χ1n) is 5.30. The van der Waals surface area contributed by atoms with E-state index in [4.69, 9.17) is 16.8 Å². The van der Waals surface area contributed by atoms with Gasteiger partial charge in [-0.3, -0.25) is 9.89 Å². The number of aromatic nitrogens is 2. The second-order valence-corrected chi connectivity index (χ2v) is 4.38. The molecule has 0 fully saturated rings. The average Bonchev–Trinajstić information content (AvgIpc) is 2.61. The molecule has 6 heteroatoms. The van der Waals surface area contributed by atoms with Crippen molar-refractivity contribution in [3.63, 3.8) is 0 Å². The van der Waals surface area contributed by atoms with E-state index in [-0.39, 0.29) is 5.56 Å². The first-order valence-corrected chi connectivity index (χ1v) is 5.68.